The Morgan fingerprint density at radius 3 is 2.62 bits per heavy atom. The van der Waals surface area contributed by atoms with Crippen molar-refractivity contribution in [3.63, 3.8) is 0 Å². The van der Waals surface area contributed by atoms with Crippen LogP contribution in [0.3, 0.4) is 0 Å². The molecule has 0 fully saturated rings. The summed E-state index contributed by atoms with van der Waals surface area (Å²) in [5.74, 6) is -0.113. The second-order valence-corrected chi connectivity index (χ2v) is 6.41. The minimum atomic E-state index is -0.697. The fourth-order valence-electron chi connectivity index (χ4n) is 2.99. The summed E-state index contributed by atoms with van der Waals surface area (Å²) in [5, 5.41) is 0.377. The third-order valence-electron chi connectivity index (χ3n) is 4.49. The van der Waals surface area contributed by atoms with Gasteiger partial charge < -0.3 is 13.6 Å². The summed E-state index contributed by atoms with van der Waals surface area (Å²) in [6, 6.07) is 17.9. The van der Waals surface area contributed by atoms with Gasteiger partial charge in [0.05, 0.1) is 11.6 Å². The molecule has 5 nitrogen and oxygen atoms in total. The van der Waals surface area contributed by atoms with E-state index in [0.29, 0.717) is 22.3 Å². The molecular weight excluding hydrogens is 368 g/mol. The first-order chi connectivity index (χ1) is 14.2. The summed E-state index contributed by atoms with van der Waals surface area (Å²) in [5.41, 5.74) is 1.69. The van der Waals surface area contributed by atoms with Crippen LogP contribution >= 0.6 is 0 Å². The highest BCUT2D eigenvalue weighted by molar-refractivity contribution is 5.90. The summed E-state index contributed by atoms with van der Waals surface area (Å²) < 4.78 is 16.6. The van der Waals surface area contributed by atoms with Crippen LogP contribution in [0.25, 0.3) is 28.4 Å². The molecule has 0 radical (unpaired) electrons. The quantitative estimate of drug-likeness (QED) is 0.347. The van der Waals surface area contributed by atoms with E-state index in [4.69, 9.17) is 13.6 Å². The maximum atomic E-state index is 13.2. The lowest BCUT2D eigenvalue weighted by Gasteiger charge is -2.10. The molecule has 0 bridgehead atoms. The predicted molar refractivity (Wildman–Crippen MR) is 111 cm³/mol. The smallest absolute Gasteiger partial charge is 0.336 e. The molecule has 2 aromatic carbocycles. The van der Waals surface area contributed by atoms with Crippen LogP contribution in [-0.4, -0.2) is 5.97 Å². The number of fused-ring (bicyclic) bond motifs is 1. The molecule has 0 amide bonds. The van der Waals surface area contributed by atoms with Gasteiger partial charge in [-0.05, 0) is 42.3 Å². The van der Waals surface area contributed by atoms with Crippen molar-refractivity contribution in [3.05, 3.63) is 94.5 Å². The van der Waals surface area contributed by atoms with Crippen molar-refractivity contribution in [1.82, 2.24) is 0 Å². The number of furan rings is 1. The Kier molecular flexibility index (Phi) is 5.12. The number of benzene rings is 2. The maximum Gasteiger partial charge on any atom is 0.336 e. The molecule has 4 aromatic rings. The molecule has 5 heteroatoms. The molecule has 29 heavy (non-hydrogen) atoms. The monoisotopic (exact) mass is 386 g/mol. The van der Waals surface area contributed by atoms with Crippen molar-refractivity contribution >= 4 is 23.0 Å². The Bertz CT molecular complexity index is 1230. The van der Waals surface area contributed by atoms with Gasteiger partial charge in [-0.3, -0.25) is 4.79 Å². The first kappa shape index (κ1) is 18.5. The Morgan fingerprint density at radius 1 is 1.07 bits per heavy atom. The maximum absolute atomic E-state index is 13.2. The van der Waals surface area contributed by atoms with Gasteiger partial charge in [0.25, 0.3) is 0 Å². The van der Waals surface area contributed by atoms with E-state index in [1.54, 1.807) is 36.4 Å². The van der Waals surface area contributed by atoms with Crippen molar-refractivity contribution in [2.45, 2.75) is 13.3 Å². The van der Waals surface area contributed by atoms with Crippen LogP contribution < -0.4 is 10.2 Å². The number of hydrogen-bond donors (Lipinski definition) is 0. The molecule has 0 N–H and O–H groups in total. The van der Waals surface area contributed by atoms with E-state index in [2.05, 4.69) is 0 Å². The number of rotatable bonds is 5. The fourth-order valence-corrected chi connectivity index (χ4v) is 2.99. The van der Waals surface area contributed by atoms with Crippen LogP contribution in [0.15, 0.2) is 86.6 Å². The van der Waals surface area contributed by atoms with Crippen molar-refractivity contribution in [3.8, 4) is 17.1 Å². The summed E-state index contributed by atoms with van der Waals surface area (Å²) in [7, 11) is 0. The third kappa shape index (κ3) is 3.89. The fraction of sp³-hybridized carbons (Fsp3) is 0.0833. The number of aryl methyl sites for hydroxylation is 1. The largest absolute Gasteiger partial charge is 0.465 e. The normalized spacial score (nSPS) is 11.2. The zero-order valence-corrected chi connectivity index (χ0v) is 15.8. The molecule has 2 aromatic heterocycles. The lowest BCUT2D eigenvalue weighted by atomic mass is 10.1. The number of carbonyl (C=O) groups is 1. The van der Waals surface area contributed by atoms with Gasteiger partial charge >= 0.3 is 5.97 Å². The third-order valence-corrected chi connectivity index (χ3v) is 4.49. The van der Waals surface area contributed by atoms with Gasteiger partial charge in [0.1, 0.15) is 11.3 Å². The van der Waals surface area contributed by atoms with E-state index in [0.717, 1.165) is 12.0 Å². The number of esters is 1. The summed E-state index contributed by atoms with van der Waals surface area (Å²) in [6.07, 6.45) is 4.96. The zero-order chi connectivity index (χ0) is 20.2. The standard InChI is InChI=1S/C24H18O5/c1-2-16-10-12-20-19(15-16)22(26)24(23(28-20)17-7-4-3-5-8-17)29-21(25)13-11-18-9-6-14-27-18/h3-15H,2H2,1H3. The molecule has 0 aliphatic carbocycles. The lowest BCUT2D eigenvalue weighted by Crippen LogP contribution is -2.14. The molecule has 0 spiro atoms. The van der Waals surface area contributed by atoms with E-state index < -0.39 is 5.97 Å². The van der Waals surface area contributed by atoms with Crippen LogP contribution in [-0.2, 0) is 11.2 Å². The van der Waals surface area contributed by atoms with Crippen molar-refractivity contribution in [2.24, 2.45) is 0 Å². The van der Waals surface area contributed by atoms with Crippen molar-refractivity contribution < 1.29 is 18.4 Å². The second kappa shape index (κ2) is 8.02. The van der Waals surface area contributed by atoms with Crippen molar-refractivity contribution in [1.29, 1.82) is 0 Å². The number of carbonyl (C=O) groups excluding carboxylic acids is 1. The molecule has 144 valence electrons. The molecule has 0 aliphatic heterocycles. The number of hydrogen-bond acceptors (Lipinski definition) is 5. The summed E-state index contributed by atoms with van der Waals surface area (Å²) >= 11 is 0. The molecule has 4 rings (SSSR count). The van der Waals surface area contributed by atoms with Gasteiger partial charge in [-0.25, -0.2) is 4.79 Å². The van der Waals surface area contributed by atoms with E-state index in [1.807, 2.05) is 31.2 Å². The molecule has 0 unspecified atom stereocenters. The van der Waals surface area contributed by atoms with Gasteiger partial charge in [0, 0.05) is 11.6 Å². The minimum absolute atomic E-state index is 0.133. The summed E-state index contributed by atoms with van der Waals surface area (Å²) in [4.78, 5) is 25.6. The Morgan fingerprint density at radius 2 is 1.90 bits per heavy atom. The SMILES string of the molecule is CCc1ccc2oc(-c3ccccc3)c(OC(=O)C=Cc3ccco3)c(=O)c2c1. The van der Waals surface area contributed by atoms with Gasteiger partial charge in [0.15, 0.2) is 5.76 Å². The van der Waals surface area contributed by atoms with E-state index in [9.17, 15) is 9.59 Å². The topological polar surface area (TPSA) is 69.7 Å². The van der Waals surface area contributed by atoms with E-state index >= 15 is 0 Å². The lowest BCUT2D eigenvalue weighted by molar-refractivity contribution is -0.129. The van der Waals surface area contributed by atoms with Crippen LogP contribution in [0, 0.1) is 0 Å². The summed E-state index contributed by atoms with van der Waals surface area (Å²) in [6.45, 7) is 2.00. The zero-order valence-electron chi connectivity index (χ0n) is 15.8. The van der Waals surface area contributed by atoms with Crippen LogP contribution in [0.1, 0.15) is 18.2 Å². The van der Waals surface area contributed by atoms with Crippen LogP contribution in [0.4, 0.5) is 0 Å². The van der Waals surface area contributed by atoms with Gasteiger partial charge in [-0.1, -0.05) is 43.3 Å². The molecular formula is C24H18O5. The van der Waals surface area contributed by atoms with E-state index in [1.165, 1.54) is 18.4 Å². The first-order valence-corrected chi connectivity index (χ1v) is 9.24. The molecule has 0 aliphatic rings. The van der Waals surface area contributed by atoms with E-state index in [-0.39, 0.29) is 16.9 Å². The molecule has 0 atom stereocenters. The van der Waals surface area contributed by atoms with Crippen molar-refractivity contribution in [2.75, 3.05) is 0 Å². The van der Waals surface area contributed by atoms with Crippen LogP contribution in [0.5, 0.6) is 5.75 Å². The Balaban J connectivity index is 1.82. The highest BCUT2D eigenvalue weighted by Crippen LogP contribution is 2.31. The minimum Gasteiger partial charge on any atom is -0.465 e. The average Bonchev–Trinajstić information content (AvgIpc) is 3.28. The average molecular weight is 386 g/mol. The van der Waals surface area contributed by atoms with Gasteiger partial charge in [-0.2, -0.15) is 0 Å². The second-order valence-electron chi connectivity index (χ2n) is 6.41. The number of ether oxygens (including phenoxy) is 1. The van der Waals surface area contributed by atoms with Gasteiger partial charge in [-0.15, -0.1) is 0 Å². The van der Waals surface area contributed by atoms with Crippen LogP contribution in [0.2, 0.25) is 0 Å². The Hall–Kier alpha value is -3.86. The van der Waals surface area contributed by atoms with Gasteiger partial charge in [0.2, 0.25) is 11.2 Å². The highest BCUT2D eigenvalue weighted by Gasteiger charge is 2.20. The molecule has 2 heterocycles. The molecule has 0 saturated heterocycles. The highest BCUT2D eigenvalue weighted by atomic mass is 16.5. The first-order valence-electron chi connectivity index (χ1n) is 9.24. The predicted octanol–water partition coefficient (Wildman–Crippen LogP) is 5.23. The molecule has 0 saturated carbocycles. The Labute approximate surface area is 166 Å².